The maximum Gasteiger partial charge on any atom is 0.294 e. The Labute approximate surface area is 105 Å². The highest BCUT2D eigenvalue weighted by atomic mass is 16.2. The number of aromatic amines is 1. The smallest absolute Gasteiger partial charge is 0.294 e. The van der Waals surface area contributed by atoms with Crippen LogP contribution in [0.3, 0.4) is 0 Å². The monoisotopic (exact) mass is 248 g/mol. The van der Waals surface area contributed by atoms with Gasteiger partial charge in [-0.15, -0.1) is 0 Å². The lowest BCUT2D eigenvalue weighted by Crippen LogP contribution is -2.18. The number of hydrogen-bond donors (Lipinski definition) is 2. The summed E-state index contributed by atoms with van der Waals surface area (Å²) < 4.78 is 1.80. The first-order valence-electron chi connectivity index (χ1n) is 5.91. The molecule has 2 N–H and O–H groups in total. The van der Waals surface area contributed by atoms with E-state index in [1.54, 1.807) is 10.9 Å². The van der Waals surface area contributed by atoms with Gasteiger partial charge in [0.1, 0.15) is 12.1 Å². The SMILES string of the molecule is CCCCn1ncc(C)c1NC(=O)c1ncn[nH]1. The number of carbonyl (C=O) groups is 1. The van der Waals surface area contributed by atoms with Crippen LogP contribution in [0.1, 0.15) is 35.9 Å². The van der Waals surface area contributed by atoms with E-state index in [4.69, 9.17) is 0 Å². The Kier molecular flexibility index (Phi) is 3.71. The lowest BCUT2D eigenvalue weighted by molar-refractivity contribution is 0.101. The van der Waals surface area contributed by atoms with E-state index in [9.17, 15) is 4.79 Å². The van der Waals surface area contributed by atoms with Crippen molar-refractivity contribution in [2.75, 3.05) is 5.32 Å². The van der Waals surface area contributed by atoms with Gasteiger partial charge in [-0.2, -0.15) is 10.2 Å². The van der Waals surface area contributed by atoms with E-state index >= 15 is 0 Å². The highest BCUT2D eigenvalue weighted by molar-refractivity contribution is 6.01. The van der Waals surface area contributed by atoms with Crippen molar-refractivity contribution in [1.29, 1.82) is 0 Å². The topological polar surface area (TPSA) is 88.5 Å². The van der Waals surface area contributed by atoms with Crippen LogP contribution >= 0.6 is 0 Å². The highest BCUT2D eigenvalue weighted by Gasteiger charge is 2.14. The third-order valence-corrected chi connectivity index (χ3v) is 2.61. The van der Waals surface area contributed by atoms with E-state index in [1.165, 1.54) is 6.33 Å². The first-order chi connectivity index (χ1) is 8.72. The Morgan fingerprint density at radius 1 is 1.56 bits per heavy atom. The molecule has 0 spiro atoms. The molecule has 0 unspecified atom stereocenters. The van der Waals surface area contributed by atoms with Crippen molar-refractivity contribution < 1.29 is 4.79 Å². The maximum absolute atomic E-state index is 11.9. The van der Waals surface area contributed by atoms with Crippen LogP contribution in [0.2, 0.25) is 0 Å². The molecule has 7 nitrogen and oxygen atoms in total. The molecule has 2 heterocycles. The zero-order chi connectivity index (χ0) is 13.0. The summed E-state index contributed by atoms with van der Waals surface area (Å²) in [5.41, 5.74) is 0.930. The summed E-state index contributed by atoms with van der Waals surface area (Å²) in [6.07, 6.45) is 5.14. The fourth-order valence-electron chi connectivity index (χ4n) is 1.60. The number of aromatic nitrogens is 5. The zero-order valence-corrected chi connectivity index (χ0v) is 10.5. The van der Waals surface area contributed by atoms with Crippen molar-refractivity contribution in [3.05, 3.63) is 23.9 Å². The van der Waals surface area contributed by atoms with E-state index in [-0.39, 0.29) is 11.7 Å². The van der Waals surface area contributed by atoms with Crippen LogP contribution in [-0.2, 0) is 6.54 Å². The predicted octanol–water partition coefficient (Wildman–Crippen LogP) is 1.36. The number of unbranched alkanes of at least 4 members (excludes halogenated alkanes) is 1. The predicted molar refractivity (Wildman–Crippen MR) is 66.2 cm³/mol. The Balaban J connectivity index is 2.13. The first kappa shape index (κ1) is 12.3. The van der Waals surface area contributed by atoms with Crippen molar-refractivity contribution in [2.45, 2.75) is 33.2 Å². The van der Waals surface area contributed by atoms with Crippen molar-refractivity contribution in [2.24, 2.45) is 0 Å². The number of amides is 1. The van der Waals surface area contributed by atoms with Gasteiger partial charge in [0.05, 0.1) is 6.20 Å². The largest absolute Gasteiger partial charge is 0.304 e. The average molecular weight is 248 g/mol. The van der Waals surface area contributed by atoms with Crippen LogP contribution in [-0.4, -0.2) is 30.9 Å². The maximum atomic E-state index is 11.9. The molecular formula is C11H16N6O. The fourth-order valence-corrected chi connectivity index (χ4v) is 1.60. The summed E-state index contributed by atoms with van der Waals surface area (Å²) in [5, 5.41) is 13.2. The highest BCUT2D eigenvalue weighted by Crippen LogP contribution is 2.15. The van der Waals surface area contributed by atoms with Gasteiger partial charge < -0.3 is 5.32 Å². The van der Waals surface area contributed by atoms with E-state index in [0.717, 1.165) is 24.9 Å². The third-order valence-electron chi connectivity index (χ3n) is 2.61. The standard InChI is InChI=1S/C11H16N6O/c1-3-4-5-17-10(8(2)6-14-17)15-11(18)9-12-7-13-16-9/h6-7H,3-5H2,1-2H3,(H,15,18)(H,12,13,16). The van der Waals surface area contributed by atoms with Crippen LogP contribution in [0.5, 0.6) is 0 Å². The van der Waals surface area contributed by atoms with Gasteiger partial charge in [-0.05, 0) is 13.3 Å². The van der Waals surface area contributed by atoms with E-state index in [2.05, 4.69) is 32.5 Å². The molecule has 18 heavy (non-hydrogen) atoms. The lowest BCUT2D eigenvalue weighted by atomic mass is 10.3. The minimum Gasteiger partial charge on any atom is -0.304 e. The quantitative estimate of drug-likeness (QED) is 0.836. The molecule has 7 heteroatoms. The third kappa shape index (κ3) is 2.55. The molecule has 2 aromatic rings. The number of nitrogens with one attached hydrogen (secondary N) is 2. The summed E-state index contributed by atoms with van der Waals surface area (Å²) in [4.78, 5) is 15.7. The number of carbonyl (C=O) groups excluding carboxylic acids is 1. The van der Waals surface area contributed by atoms with Gasteiger partial charge in [0.25, 0.3) is 5.91 Å². The summed E-state index contributed by atoms with van der Waals surface area (Å²) in [6, 6.07) is 0. The number of hydrogen-bond acceptors (Lipinski definition) is 4. The first-order valence-corrected chi connectivity index (χ1v) is 5.91. The molecule has 0 aromatic carbocycles. The normalized spacial score (nSPS) is 10.6. The minimum atomic E-state index is -0.311. The number of aryl methyl sites for hydroxylation is 2. The molecule has 0 aliphatic rings. The summed E-state index contributed by atoms with van der Waals surface area (Å²) in [6.45, 7) is 4.81. The van der Waals surface area contributed by atoms with Crippen LogP contribution in [0.4, 0.5) is 5.82 Å². The molecule has 2 rings (SSSR count). The molecule has 0 saturated heterocycles. The molecular weight excluding hydrogens is 232 g/mol. The van der Waals surface area contributed by atoms with Gasteiger partial charge in [-0.25, -0.2) is 9.67 Å². The second-order valence-electron chi connectivity index (χ2n) is 4.04. The molecule has 0 aliphatic heterocycles. The molecule has 0 saturated carbocycles. The number of anilines is 1. The van der Waals surface area contributed by atoms with Crippen LogP contribution in [0.15, 0.2) is 12.5 Å². The Morgan fingerprint density at radius 2 is 2.39 bits per heavy atom. The zero-order valence-electron chi connectivity index (χ0n) is 10.5. The van der Waals surface area contributed by atoms with Gasteiger partial charge in [-0.3, -0.25) is 9.89 Å². The fraction of sp³-hybridized carbons (Fsp3) is 0.455. The molecule has 96 valence electrons. The molecule has 0 aliphatic carbocycles. The van der Waals surface area contributed by atoms with Gasteiger partial charge in [0.2, 0.25) is 5.82 Å². The Morgan fingerprint density at radius 3 is 3.06 bits per heavy atom. The van der Waals surface area contributed by atoms with Crippen LogP contribution in [0.25, 0.3) is 0 Å². The van der Waals surface area contributed by atoms with Gasteiger partial charge in [-0.1, -0.05) is 13.3 Å². The molecule has 0 radical (unpaired) electrons. The summed E-state index contributed by atoms with van der Waals surface area (Å²) in [5.74, 6) is 0.594. The second kappa shape index (κ2) is 5.44. The Bertz CT molecular complexity index is 516. The lowest BCUT2D eigenvalue weighted by Gasteiger charge is -2.08. The van der Waals surface area contributed by atoms with Crippen LogP contribution < -0.4 is 5.32 Å². The van der Waals surface area contributed by atoms with Crippen molar-refractivity contribution in [3.63, 3.8) is 0 Å². The van der Waals surface area contributed by atoms with Gasteiger partial charge >= 0.3 is 0 Å². The summed E-state index contributed by atoms with van der Waals surface area (Å²) in [7, 11) is 0. The van der Waals surface area contributed by atoms with E-state index in [1.807, 2.05) is 6.92 Å². The number of nitrogens with zero attached hydrogens (tertiary/aromatic N) is 4. The van der Waals surface area contributed by atoms with Crippen molar-refractivity contribution >= 4 is 11.7 Å². The number of H-pyrrole nitrogens is 1. The second-order valence-corrected chi connectivity index (χ2v) is 4.04. The minimum absolute atomic E-state index is 0.192. The molecule has 0 bridgehead atoms. The Hall–Kier alpha value is -2.18. The van der Waals surface area contributed by atoms with Crippen molar-refractivity contribution in [3.8, 4) is 0 Å². The molecule has 0 atom stereocenters. The number of rotatable bonds is 5. The summed E-state index contributed by atoms with van der Waals surface area (Å²) >= 11 is 0. The molecule has 0 fully saturated rings. The van der Waals surface area contributed by atoms with Gasteiger partial charge in [0, 0.05) is 12.1 Å². The van der Waals surface area contributed by atoms with E-state index < -0.39 is 0 Å². The van der Waals surface area contributed by atoms with E-state index in [0.29, 0.717) is 5.82 Å². The average Bonchev–Trinajstić information content (AvgIpc) is 2.99. The van der Waals surface area contributed by atoms with Crippen molar-refractivity contribution in [1.82, 2.24) is 25.0 Å². The van der Waals surface area contributed by atoms with Crippen LogP contribution in [0, 0.1) is 6.92 Å². The molecule has 1 amide bonds. The molecule has 2 aromatic heterocycles. The van der Waals surface area contributed by atoms with Gasteiger partial charge in [0.15, 0.2) is 0 Å².